The van der Waals surface area contributed by atoms with E-state index in [1.807, 2.05) is 30.3 Å². The van der Waals surface area contributed by atoms with Gasteiger partial charge in [-0.05, 0) is 23.8 Å². The zero-order chi connectivity index (χ0) is 18.3. The number of rotatable bonds is 2. The molecule has 0 radical (unpaired) electrons. The number of H-pyrrole nitrogens is 1. The second-order valence-electron chi connectivity index (χ2n) is 5.76. The number of fused-ring (bicyclic) bond motifs is 1. The van der Waals surface area contributed by atoms with E-state index >= 15 is 0 Å². The molecule has 0 aliphatic carbocycles. The highest BCUT2D eigenvalue weighted by atomic mass is 19.4. The van der Waals surface area contributed by atoms with Crippen LogP contribution in [0.15, 0.2) is 71.9 Å². The van der Waals surface area contributed by atoms with Crippen molar-refractivity contribution >= 4 is 11.0 Å². The third-order valence-electron chi connectivity index (χ3n) is 4.13. The van der Waals surface area contributed by atoms with Gasteiger partial charge in [-0.25, -0.2) is 4.98 Å². The van der Waals surface area contributed by atoms with E-state index in [2.05, 4.69) is 9.97 Å². The molecule has 1 N–H and O–H groups in total. The second kappa shape index (κ2) is 5.87. The van der Waals surface area contributed by atoms with Crippen molar-refractivity contribution in [3.05, 3.63) is 83.0 Å². The molecule has 4 rings (SSSR count). The minimum absolute atomic E-state index is 0.283. The van der Waals surface area contributed by atoms with Crippen molar-refractivity contribution in [2.75, 3.05) is 0 Å². The SMILES string of the molecule is O=c1[nH]cnc2c1c(-c1ccccc1)cn2-c1cccc(C(F)(F)F)c1. The Morgan fingerprint density at radius 3 is 2.50 bits per heavy atom. The quantitative estimate of drug-likeness (QED) is 0.579. The van der Waals surface area contributed by atoms with Crippen LogP contribution in [0.25, 0.3) is 27.8 Å². The van der Waals surface area contributed by atoms with Crippen LogP contribution in [0.1, 0.15) is 5.56 Å². The molecule has 0 unspecified atom stereocenters. The highest BCUT2D eigenvalue weighted by Crippen LogP contribution is 2.33. The Morgan fingerprint density at radius 2 is 1.77 bits per heavy atom. The third kappa shape index (κ3) is 2.67. The minimum atomic E-state index is -4.45. The highest BCUT2D eigenvalue weighted by Gasteiger charge is 2.30. The Kier molecular flexibility index (Phi) is 3.64. The topological polar surface area (TPSA) is 50.7 Å². The van der Waals surface area contributed by atoms with E-state index in [4.69, 9.17) is 0 Å². The predicted molar refractivity (Wildman–Crippen MR) is 92.1 cm³/mol. The predicted octanol–water partition coefficient (Wildman–Crippen LogP) is 4.40. The number of hydrogen-bond acceptors (Lipinski definition) is 2. The van der Waals surface area contributed by atoms with Crippen molar-refractivity contribution in [2.45, 2.75) is 6.18 Å². The second-order valence-corrected chi connectivity index (χ2v) is 5.76. The number of aromatic nitrogens is 3. The zero-order valence-electron chi connectivity index (χ0n) is 13.3. The Hall–Kier alpha value is -3.35. The van der Waals surface area contributed by atoms with Crippen LogP contribution < -0.4 is 5.56 Å². The average Bonchev–Trinajstić information content (AvgIpc) is 3.03. The number of halogens is 3. The lowest BCUT2D eigenvalue weighted by Crippen LogP contribution is -2.08. The molecule has 0 bridgehead atoms. The average molecular weight is 355 g/mol. The summed E-state index contributed by atoms with van der Waals surface area (Å²) in [6.45, 7) is 0. The van der Waals surface area contributed by atoms with E-state index in [9.17, 15) is 18.0 Å². The van der Waals surface area contributed by atoms with Gasteiger partial charge in [-0.1, -0.05) is 36.4 Å². The van der Waals surface area contributed by atoms with Gasteiger partial charge in [0, 0.05) is 17.4 Å². The molecule has 2 aromatic heterocycles. The molecule has 0 aliphatic rings. The van der Waals surface area contributed by atoms with E-state index in [-0.39, 0.29) is 11.2 Å². The lowest BCUT2D eigenvalue weighted by molar-refractivity contribution is -0.137. The van der Waals surface area contributed by atoms with Crippen molar-refractivity contribution < 1.29 is 13.2 Å². The van der Waals surface area contributed by atoms with Crippen LogP contribution in [0.3, 0.4) is 0 Å². The van der Waals surface area contributed by atoms with Gasteiger partial charge in [0.1, 0.15) is 0 Å². The van der Waals surface area contributed by atoms with Gasteiger partial charge in [0.25, 0.3) is 5.56 Å². The summed E-state index contributed by atoms with van der Waals surface area (Å²) in [5.41, 5.74) is 0.855. The summed E-state index contributed by atoms with van der Waals surface area (Å²) in [5.74, 6) is 0. The molecule has 4 nitrogen and oxygen atoms in total. The van der Waals surface area contributed by atoms with Crippen molar-refractivity contribution in [1.29, 1.82) is 0 Å². The molecule has 0 fully saturated rings. The first kappa shape index (κ1) is 16.1. The molecule has 0 atom stereocenters. The van der Waals surface area contributed by atoms with Crippen LogP contribution in [-0.4, -0.2) is 14.5 Å². The summed E-state index contributed by atoms with van der Waals surface area (Å²) in [7, 11) is 0. The van der Waals surface area contributed by atoms with Crippen molar-refractivity contribution in [1.82, 2.24) is 14.5 Å². The summed E-state index contributed by atoms with van der Waals surface area (Å²) in [4.78, 5) is 19.1. The van der Waals surface area contributed by atoms with Crippen molar-refractivity contribution in [2.24, 2.45) is 0 Å². The molecular formula is C19H12F3N3O. The first-order valence-electron chi connectivity index (χ1n) is 7.77. The molecule has 0 saturated carbocycles. The van der Waals surface area contributed by atoms with Gasteiger partial charge < -0.3 is 9.55 Å². The molecule has 130 valence electrons. The molecule has 0 spiro atoms. The summed E-state index contributed by atoms with van der Waals surface area (Å²) >= 11 is 0. The normalized spacial score (nSPS) is 11.8. The van der Waals surface area contributed by atoms with E-state index in [1.165, 1.54) is 17.0 Å². The number of benzene rings is 2. The number of alkyl halides is 3. The van der Waals surface area contributed by atoms with E-state index in [0.717, 1.165) is 17.7 Å². The van der Waals surface area contributed by atoms with Crippen LogP contribution in [0, 0.1) is 0 Å². The molecule has 0 aliphatic heterocycles. The maximum absolute atomic E-state index is 13.1. The van der Waals surface area contributed by atoms with E-state index < -0.39 is 11.7 Å². The van der Waals surface area contributed by atoms with Crippen LogP contribution in [0.4, 0.5) is 13.2 Å². The molecule has 0 saturated heterocycles. The summed E-state index contributed by atoms with van der Waals surface area (Å²) in [6.07, 6.45) is -1.58. The molecule has 26 heavy (non-hydrogen) atoms. The Morgan fingerprint density at radius 1 is 1.00 bits per heavy atom. The smallest absolute Gasteiger partial charge is 0.312 e. The fourth-order valence-electron chi connectivity index (χ4n) is 2.94. The van der Waals surface area contributed by atoms with E-state index in [1.54, 1.807) is 12.3 Å². The van der Waals surface area contributed by atoms with Crippen LogP contribution in [-0.2, 0) is 6.18 Å². The van der Waals surface area contributed by atoms with Gasteiger partial charge in [-0.3, -0.25) is 4.79 Å². The number of nitrogens with one attached hydrogen (secondary N) is 1. The Labute approximate surface area is 145 Å². The number of aromatic amines is 1. The van der Waals surface area contributed by atoms with E-state index in [0.29, 0.717) is 16.6 Å². The van der Waals surface area contributed by atoms with Gasteiger partial charge in [0.15, 0.2) is 5.65 Å². The lowest BCUT2D eigenvalue weighted by atomic mass is 10.1. The first-order chi connectivity index (χ1) is 12.4. The minimum Gasteiger partial charge on any atom is -0.312 e. The molecule has 2 heterocycles. The van der Waals surface area contributed by atoms with Crippen molar-refractivity contribution in [3.63, 3.8) is 0 Å². The zero-order valence-corrected chi connectivity index (χ0v) is 13.3. The van der Waals surface area contributed by atoms with Crippen LogP contribution >= 0.6 is 0 Å². The van der Waals surface area contributed by atoms with Gasteiger partial charge in [-0.2, -0.15) is 13.2 Å². The molecular weight excluding hydrogens is 343 g/mol. The Balaban J connectivity index is 2.01. The fraction of sp³-hybridized carbons (Fsp3) is 0.0526. The third-order valence-corrected chi connectivity index (χ3v) is 4.13. The highest BCUT2D eigenvalue weighted by molar-refractivity contribution is 5.94. The first-order valence-corrected chi connectivity index (χ1v) is 7.77. The molecule has 0 amide bonds. The number of nitrogens with zero attached hydrogens (tertiary/aromatic N) is 2. The van der Waals surface area contributed by atoms with Gasteiger partial charge >= 0.3 is 6.18 Å². The van der Waals surface area contributed by atoms with Crippen molar-refractivity contribution in [3.8, 4) is 16.8 Å². The summed E-state index contributed by atoms with van der Waals surface area (Å²) < 4.78 is 40.7. The summed E-state index contributed by atoms with van der Waals surface area (Å²) in [5, 5.41) is 0.330. The van der Waals surface area contributed by atoms with Crippen LogP contribution in [0.5, 0.6) is 0 Å². The van der Waals surface area contributed by atoms with Gasteiger partial charge in [0.05, 0.1) is 17.3 Å². The molecule has 4 aromatic rings. The van der Waals surface area contributed by atoms with Gasteiger partial charge in [-0.15, -0.1) is 0 Å². The van der Waals surface area contributed by atoms with Crippen LogP contribution in [0.2, 0.25) is 0 Å². The molecule has 2 aromatic carbocycles. The Bertz CT molecular complexity index is 1140. The fourth-order valence-corrected chi connectivity index (χ4v) is 2.94. The monoisotopic (exact) mass is 355 g/mol. The maximum Gasteiger partial charge on any atom is 0.416 e. The van der Waals surface area contributed by atoms with Gasteiger partial charge in [0.2, 0.25) is 0 Å². The number of hydrogen-bond donors (Lipinski definition) is 1. The summed E-state index contributed by atoms with van der Waals surface area (Å²) in [6, 6.07) is 14.1. The lowest BCUT2D eigenvalue weighted by Gasteiger charge is -2.10. The maximum atomic E-state index is 13.1. The standard InChI is InChI=1S/C19H12F3N3O/c20-19(21,22)13-7-4-8-14(9-13)25-10-15(12-5-2-1-3-6-12)16-17(25)23-11-24-18(16)26/h1-11H,(H,23,24,26). The molecule has 7 heteroatoms. The largest absolute Gasteiger partial charge is 0.416 e.